The van der Waals surface area contributed by atoms with E-state index in [0.29, 0.717) is 0 Å². The number of carbonyl (C=O) groups is 1. The summed E-state index contributed by atoms with van der Waals surface area (Å²) in [6.45, 7) is 5.93. The number of ether oxygens (including phenoxy) is 1. The zero-order chi connectivity index (χ0) is 19.2. The van der Waals surface area contributed by atoms with Crippen LogP contribution in [0.4, 0.5) is 0 Å². The molecule has 2 aromatic carbocycles. The van der Waals surface area contributed by atoms with Crippen molar-refractivity contribution in [2.75, 3.05) is 0 Å². The Kier molecular flexibility index (Phi) is 6.45. The number of carboxylic acid groups (broad SMARTS) is 1. The lowest BCUT2D eigenvalue weighted by atomic mass is 9.88. The molecule has 0 aliphatic heterocycles. The molecule has 0 bridgehead atoms. The van der Waals surface area contributed by atoms with Crippen molar-refractivity contribution in [3.8, 4) is 0 Å². The van der Waals surface area contributed by atoms with Gasteiger partial charge >= 0.3 is 5.97 Å². The van der Waals surface area contributed by atoms with Gasteiger partial charge in [-0.15, -0.1) is 0 Å². The molecule has 0 radical (unpaired) electrons. The van der Waals surface area contributed by atoms with E-state index in [1.807, 2.05) is 69.3 Å². The molecule has 0 spiro atoms. The third-order valence-corrected chi connectivity index (χ3v) is 4.42. The lowest BCUT2D eigenvalue weighted by Gasteiger charge is -2.28. The van der Waals surface area contributed by atoms with Crippen molar-refractivity contribution in [3.05, 3.63) is 70.8 Å². The number of hydrogen-bond acceptors (Lipinski definition) is 4. The molecule has 2 unspecified atom stereocenters. The van der Waals surface area contributed by atoms with Crippen LogP contribution in [-0.4, -0.2) is 22.9 Å². The van der Waals surface area contributed by atoms with Crippen molar-refractivity contribution >= 4 is 12.0 Å². The van der Waals surface area contributed by atoms with Gasteiger partial charge in [-0.25, -0.2) is 9.59 Å². The SMILES string of the molecule is Cc1ccc(C(C)CC(N=C=O)(OCc2ccccc2)C(=O)O)c(C)c1. The van der Waals surface area contributed by atoms with Gasteiger partial charge in [0.25, 0.3) is 5.72 Å². The number of hydrogen-bond donors (Lipinski definition) is 1. The first-order chi connectivity index (χ1) is 12.4. The summed E-state index contributed by atoms with van der Waals surface area (Å²) in [5, 5.41) is 9.74. The first kappa shape index (κ1) is 19.6. The summed E-state index contributed by atoms with van der Waals surface area (Å²) in [6.07, 6.45) is 1.41. The van der Waals surface area contributed by atoms with Crippen molar-refractivity contribution in [3.63, 3.8) is 0 Å². The number of carbonyl (C=O) groups excluding carboxylic acids is 1. The highest BCUT2D eigenvalue weighted by atomic mass is 16.5. The van der Waals surface area contributed by atoms with E-state index in [4.69, 9.17) is 4.74 Å². The molecule has 0 amide bonds. The molecule has 0 saturated carbocycles. The molecule has 26 heavy (non-hydrogen) atoms. The van der Waals surface area contributed by atoms with Crippen LogP contribution in [0, 0.1) is 13.8 Å². The number of nitrogens with zero attached hydrogens (tertiary/aromatic N) is 1. The average Bonchev–Trinajstić information content (AvgIpc) is 2.60. The minimum atomic E-state index is -1.96. The summed E-state index contributed by atoms with van der Waals surface area (Å²) in [4.78, 5) is 26.4. The third kappa shape index (κ3) is 4.66. The fourth-order valence-electron chi connectivity index (χ4n) is 3.09. The quantitative estimate of drug-likeness (QED) is 0.572. The maximum atomic E-state index is 11.9. The second kappa shape index (κ2) is 8.56. The highest BCUT2D eigenvalue weighted by Crippen LogP contribution is 2.32. The van der Waals surface area contributed by atoms with E-state index in [0.717, 1.165) is 22.3 Å². The predicted molar refractivity (Wildman–Crippen MR) is 98.7 cm³/mol. The molecular formula is C21H23NO4. The van der Waals surface area contributed by atoms with Crippen LogP contribution >= 0.6 is 0 Å². The topological polar surface area (TPSA) is 76.0 Å². The number of benzene rings is 2. The summed E-state index contributed by atoms with van der Waals surface area (Å²) in [6, 6.07) is 15.2. The highest BCUT2D eigenvalue weighted by Gasteiger charge is 2.42. The Morgan fingerprint density at radius 1 is 1.23 bits per heavy atom. The zero-order valence-corrected chi connectivity index (χ0v) is 15.2. The van der Waals surface area contributed by atoms with Crippen molar-refractivity contribution in [2.45, 2.75) is 45.4 Å². The number of rotatable bonds is 8. The fraction of sp³-hybridized carbons (Fsp3) is 0.333. The number of aliphatic imine (C=N–C) groups is 1. The Balaban J connectivity index is 2.28. The maximum Gasteiger partial charge on any atom is 0.360 e. The minimum absolute atomic E-state index is 0.0360. The van der Waals surface area contributed by atoms with E-state index in [-0.39, 0.29) is 18.9 Å². The molecule has 0 aromatic heterocycles. The number of isocyanates is 1. The van der Waals surface area contributed by atoms with Crippen molar-refractivity contribution in [1.29, 1.82) is 0 Å². The summed E-state index contributed by atoms with van der Waals surface area (Å²) in [7, 11) is 0. The summed E-state index contributed by atoms with van der Waals surface area (Å²) in [5.41, 5.74) is 2.04. The Morgan fingerprint density at radius 3 is 2.50 bits per heavy atom. The highest BCUT2D eigenvalue weighted by molar-refractivity contribution is 5.78. The standard InChI is InChI=1S/C21H23NO4/c1-15-9-10-19(16(2)11-15)17(3)12-21(20(24)25,22-14-23)26-13-18-7-5-4-6-8-18/h4-11,17H,12-13H2,1-3H3,(H,24,25). The molecule has 5 heteroatoms. The molecular weight excluding hydrogens is 330 g/mol. The van der Waals surface area contributed by atoms with E-state index in [1.165, 1.54) is 6.08 Å². The van der Waals surface area contributed by atoms with Gasteiger partial charge in [-0.2, -0.15) is 4.99 Å². The number of carboxylic acids is 1. The summed E-state index contributed by atoms with van der Waals surface area (Å²) < 4.78 is 5.64. The Bertz CT molecular complexity index is 808. The molecule has 2 aromatic rings. The molecule has 0 aliphatic carbocycles. The smallest absolute Gasteiger partial charge is 0.360 e. The van der Waals surface area contributed by atoms with Crippen LogP contribution in [0.15, 0.2) is 53.5 Å². The second-order valence-electron chi connectivity index (χ2n) is 6.53. The Hall–Kier alpha value is -2.75. The molecule has 5 nitrogen and oxygen atoms in total. The van der Waals surface area contributed by atoms with Crippen molar-refractivity contribution in [1.82, 2.24) is 0 Å². The Labute approximate surface area is 153 Å². The van der Waals surface area contributed by atoms with Gasteiger partial charge in [0.15, 0.2) is 0 Å². The van der Waals surface area contributed by atoms with Crippen LogP contribution < -0.4 is 0 Å². The van der Waals surface area contributed by atoms with Gasteiger partial charge in [0.1, 0.15) is 0 Å². The fourth-order valence-corrected chi connectivity index (χ4v) is 3.09. The molecule has 2 rings (SSSR count). The van der Waals surface area contributed by atoms with E-state index < -0.39 is 11.7 Å². The van der Waals surface area contributed by atoms with E-state index in [2.05, 4.69) is 4.99 Å². The first-order valence-electron chi connectivity index (χ1n) is 8.45. The molecule has 0 aliphatic rings. The van der Waals surface area contributed by atoms with Crippen LogP contribution in [0.3, 0.4) is 0 Å². The van der Waals surface area contributed by atoms with Gasteiger partial charge in [0.2, 0.25) is 6.08 Å². The van der Waals surface area contributed by atoms with E-state index in [1.54, 1.807) is 0 Å². The summed E-state index contributed by atoms with van der Waals surface area (Å²) >= 11 is 0. The lowest BCUT2D eigenvalue weighted by molar-refractivity contribution is -0.168. The molecule has 136 valence electrons. The predicted octanol–water partition coefficient (Wildman–Crippen LogP) is 4.13. The molecule has 1 N–H and O–H groups in total. The lowest BCUT2D eigenvalue weighted by Crippen LogP contribution is -2.41. The second-order valence-corrected chi connectivity index (χ2v) is 6.53. The van der Waals surface area contributed by atoms with Gasteiger partial charge < -0.3 is 9.84 Å². The molecule has 0 fully saturated rings. The van der Waals surface area contributed by atoms with Crippen LogP contribution in [-0.2, 0) is 20.9 Å². The van der Waals surface area contributed by atoms with Crippen LogP contribution in [0.25, 0.3) is 0 Å². The zero-order valence-electron chi connectivity index (χ0n) is 15.2. The van der Waals surface area contributed by atoms with Crippen LogP contribution in [0.1, 0.15) is 41.5 Å². The molecule has 2 atom stereocenters. The maximum absolute atomic E-state index is 11.9. The van der Waals surface area contributed by atoms with Gasteiger partial charge in [-0.3, -0.25) is 0 Å². The number of aliphatic carboxylic acids is 1. The van der Waals surface area contributed by atoms with Gasteiger partial charge in [0.05, 0.1) is 6.61 Å². The number of aryl methyl sites for hydroxylation is 2. The van der Waals surface area contributed by atoms with E-state index in [9.17, 15) is 14.7 Å². The average molecular weight is 353 g/mol. The van der Waals surface area contributed by atoms with Gasteiger partial charge in [-0.05, 0) is 36.5 Å². The first-order valence-corrected chi connectivity index (χ1v) is 8.45. The third-order valence-electron chi connectivity index (χ3n) is 4.42. The normalized spacial score (nSPS) is 14.1. The minimum Gasteiger partial charge on any atom is -0.478 e. The summed E-state index contributed by atoms with van der Waals surface area (Å²) in [5.74, 6) is -1.46. The largest absolute Gasteiger partial charge is 0.478 e. The van der Waals surface area contributed by atoms with Crippen molar-refractivity contribution in [2.24, 2.45) is 4.99 Å². The monoisotopic (exact) mass is 353 g/mol. The van der Waals surface area contributed by atoms with Gasteiger partial charge in [0, 0.05) is 6.42 Å². The molecule has 0 heterocycles. The van der Waals surface area contributed by atoms with Crippen LogP contribution in [0.5, 0.6) is 0 Å². The van der Waals surface area contributed by atoms with Gasteiger partial charge in [-0.1, -0.05) is 61.0 Å². The molecule has 0 saturated heterocycles. The Morgan fingerprint density at radius 2 is 1.92 bits per heavy atom. The van der Waals surface area contributed by atoms with E-state index >= 15 is 0 Å². The van der Waals surface area contributed by atoms with Crippen molar-refractivity contribution < 1.29 is 19.4 Å². The van der Waals surface area contributed by atoms with Crippen LogP contribution in [0.2, 0.25) is 0 Å².